The maximum Gasteiger partial charge on any atom is 0.336 e. The Bertz CT molecular complexity index is 967. The Labute approximate surface area is 206 Å². The Hall–Kier alpha value is -3.43. The zero-order valence-corrected chi connectivity index (χ0v) is 20.7. The van der Waals surface area contributed by atoms with Crippen molar-refractivity contribution < 1.29 is 29.1 Å². The molecule has 0 saturated carbocycles. The van der Waals surface area contributed by atoms with E-state index >= 15 is 0 Å². The molecule has 0 aromatic heterocycles. The lowest BCUT2D eigenvalue weighted by Crippen LogP contribution is -2.58. The molecule has 2 aromatic rings. The van der Waals surface area contributed by atoms with E-state index in [9.17, 15) is 19.5 Å². The van der Waals surface area contributed by atoms with Gasteiger partial charge in [-0.1, -0.05) is 56.3 Å². The lowest BCUT2D eigenvalue weighted by Gasteiger charge is -2.31. The predicted octanol–water partition coefficient (Wildman–Crippen LogP) is 2.75. The number of methoxy groups -OCH3 is 1. The Kier molecular flexibility index (Phi) is 11.2. The number of hydrogen-bond donors (Lipinski definition) is 3. The average molecular weight is 486 g/mol. The summed E-state index contributed by atoms with van der Waals surface area (Å²) >= 11 is 0. The summed E-state index contributed by atoms with van der Waals surface area (Å²) < 4.78 is 5.17. The number of ether oxygens (including phenoxy) is 1. The summed E-state index contributed by atoms with van der Waals surface area (Å²) in [6, 6.07) is 14.0. The minimum absolute atomic E-state index is 0.0390. The van der Waals surface area contributed by atoms with E-state index in [1.54, 1.807) is 31.2 Å². The van der Waals surface area contributed by atoms with E-state index in [2.05, 4.69) is 10.8 Å². The quantitative estimate of drug-likeness (QED) is 0.278. The second-order valence-corrected chi connectivity index (χ2v) is 8.51. The molecule has 0 radical (unpaired) electrons. The number of benzene rings is 2. The zero-order chi connectivity index (χ0) is 25.8. The van der Waals surface area contributed by atoms with E-state index < -0.39 is 29.9 Å². The smallest absolute Gasteiger partial charge is 0.336 e. The molecule has 0 aliphatic rings. The van der Waals surface area contributed by atoms with Gasteiger partial charge >= 0.3 is 5.97 Å². The van der Waals surface area contributed by atoms with E-state index in [0.29, 0.717) is 12.2 Å². The van der Waals surface area contributed by atoms with Crippen LogP contribution in [0.25, 0.3) is 0 Å². The fourth-order valence-electron chi connectivity index (χ4n) is 3.59. The largest absolute Gasteiger partial charge is 0.497 e. The molecular formula is C26H35N3O6. The molecule has 9 nitrogen and oxygen atoms in total. The topological polar surface area (TPSA) is 117 Å². The average Bonchev–Trinajstić information content (AvgIpc) is 2.85. The number of rotatable bonds is 14. The van der Waals surface area contributed by atoms with Crippen molar-refractivity contribution in [2.24, 2.45) is 5.92 Å². The van der Waals surface area contributed by atoms with Gasteiger partial charge < -0.3 is 20.1 Å². The number of aliphatic carboxylic acids is 1. The lowest BCUT2D eigenvalue weighted by atomic mass is 10.0. The second-order valence-electron chi connectivity index (χ2n) is 8.51. The third kappa shape index (κ3) is 8.70. The molecule has 0 heterocycles. The number of hydroxylamine groups is 1. The monoisotopic (exact) mass is 485 g/mol. The highest BCUT2D eigenvalue weighted by atomic mass is 16.6. The van der Waals surface area contributed by atoms with E-state index in [4.69, 9.17) is 9.57 Å². The summed E-state index contributed by atoms with van der Waals surface area (Å²) in [5.41, 5.74) is 4.45. The summed E-state index contributed by atoms with van der Waals surface area (Å²) in [4.78, 5) is 45.0. The molecule has 0 bridgehead atoms. The van der Waals surface area contributed by atoms with Crippen molar-refractivity contribution in [3.63, 3.8) is 0 Å². The van der Waals surface area contributed by atoms with Gasteiger partial charge in [0.05, 0.1) is 13.7 Å². The van der Waals surface area contributed by atoms with Gasteiger partial charge in [0, 0.05) is 13.1 Å². The van der Waals surface area contributed by atoms with Gasteiger partial charge in [-0.05, 0) is 42.5 Å². The number of amides is 2. The van der Waals surface area contributed by atoms with Crippen molar-refractivity contribution in [2.75, 3.05) is 13.7 Å². The van der Waals surface area contributed by atoms with Gasteiger partial charge in [-0.3, -0.25) is 14.4 Å². The minimum atomic E-state index is -1.68. The highest BCUT2D eigenvalue weighted by Crippen LogP contribution is 2.14. The first-order chi connectivity index (χ1) is 16.8. The van der Waals surface area contributed by atoms with E-state index in [0.717, 1.165) is 16.0 Å². The summed E-state index contributed by atoms with van der Waals surface area (Å²) in [6.45, 7) is 5.91. The Morgan fingerprint density at radius 3 is 2.31 bits per heavy atom. The van der Waals surface area contributed by atoms with Crippen LogP contribution in [0.4, 0.5) is 0 Å². The van der Waals surface area contributed by atoms with Crippen LogP contribution in [0.15, 0.2) is 54.6 Å². The van der Waals surface area contributed by atoms with Crippen molar-refractivity contribution in [3.8, 4) is 5.75 Å². The molecule has 0 saturated heterocycles. The van der Waals surface area contributed by atoms with E-state index in [-0.39, 0.29) is 25.6 Å². The molecule has 3 N–H and O–H groups in total. The second kappa shape index (κ2) is 14.1. The van der Waals surface area contributed by atoms with Crippen LogP contribution in [0.2, 0.25) is 0 Å². The van der Waals surface area contributed by atoms with Crippen LogP contribution in [0, 0.1) is 5.92 Å². The van der Waals surface area contributed by atoms with Crippen LogP contribution >= 0.6 is 0 Å². The summed E-state index contributed by atoms with van der Waals surface area (Å²) in [7, 11) is 1.54. The van der Waals surface area contributed by atoms with Crippen LogP contribution in [0.5, 0.6) is 5.75 Å². The maximum atomic E-state index is 13.4. The fraction of sp³-hybridized carbons (Fsp3) is 0.423. The maximum absolute atomic E-state index is 13.4. The third-order valence-electron chi connectivity index (χ3n) is 5.33. The highest BCUT2D eigenvalue weighted by Gasteiger charge is 2.38. The molecule has 35 heavy (non-hydrogen) atoms. The number of carbonyl (C=O) groups is 3. The number of carbonyl (C=O) groups excluding carboxylic acids is 2. The molecule has 0 spiro atoms. The van der Waals surface area contributed by atoms with Crippen LogP contribution in [-0.4, -0.2) is 53.5 Å². The molecule has 2 rings (SSSR count). The van der Waals surface area contributed by atoms with Crippen molar-refractivity contribution in [2.45, 2.75) is 52.4 Å². The molecule has 0 aliphatic carbocycles. The molecule has 190 valence electrons. The predicted molar refractivity (Wildman–Crippen MR) is 131 cm³/mol. The first kappa shape index (κ1) is 27.8. The molecule has 1 unspecified atom stereocenters. The standard InChI is InChI=1S/C26H35N3O6/c1-5-29(23(26(32)33)24(30)27-16-20-12-9-13-21(15-20)34-4)25(31)22(14-18(2)3)28-35-17-19-10-7-6-8-11-19/h6-13,15,18,22-23,28H,5,14,16-17H2,1-4H3,(H,27,30)(H,32,33)/t22-,23?/m0/s1. The number of likely N-dealkylation sites (N-methyl/N-ethyl adjacent to an activating group) is 1. The van der Waals surface area contributed by atoms with Gasteiger partial charge in [-0.2, -0.15) is 5.48 Å². The Morgan fingerprint density at radius 1 is 1.03 bits per heavy atom. The summed E-state index contributed by atoms with van der Waals surface area (Å²) in [5, 5.41) is 12.5. The van der Waals surface area contributed by atoms with Crippen LogP contribution < -0.4 is 15.5 Å². The molecular weight excluding hydrogens is 450 g/mol. The Balaban J connectivity index is 2.11. The van der Waals surface area contributed by atoms with Crippen molar-refractivity contribution >= 4 is 17.8 Å². The van der Waals surface area contributed by atoms with Crippen LogP contribution in [-0.2, 0) is 32.4 Å². The van der Waals surface area contributed by atoms with Gasteiger partial charge in [0.2, 0.25) is 11.9 Å². The van der Waals surface area contributed by atoms with E-state index in [1.807, 2.05) is 44.2 Å². The zero-order valence-electron chi connectivity index (χ0n) is 20.7. The van der Waals surface area contributed by atoms with Gasteiger partial charge in [0.25, 0.3) is 5.91 Å². The van der Waals surface area contributed by atoms with Gasteiger partial charge in [0.15, 0.2) is 0 Å². The number of carboxylic acid groups (broad SMARTS) is 1. The Morgan fingerprint density at radius 2 is 1.71 bits per heavy atom. The van der Waals surface area contributed by atoms with Gasteiger partial charge in [-0.25, -0.2) is 4.79 Å². The first-order valence-corrected chi connectivity index (χ1v) is 11.6. The van der Waals surface area contributed by atoms with Crippen molar-refractivity contribution in [1.29, 1.82) is 0 Å². The molecule has 9 heteroatoms. The van der Waals surface area contributed by atoms with Crippen molar-refractivity contribution in [3.05, 3.63) is 65.7 Å². The number of nitrogens with one attached hydrogen (secondary N) is 2. The summed E-state index contributed by atoms with van der Waals surface area (Å²) in [6.07, 6.45) is 0.405. The SMILES string of the molecule is CCN(C(=O)[C@H](CC(C)C)NOCc1ccccc1)C(C(=O)O)C(=O)NCc1cccc(OC)c1. The normalized spacial score (nSPS) is 12.6. The van der Waals surface area contributed by atoms with Crippen LogP contribution in [0.1, 0.15) is 38.3 Å². The van der Waals surface area contributed by atoms with Gasteiger partial charge in [-0.15, -0.1) is 0 Å². The number of hydrogen-bond acceptors (Lipinski definition) is 6. The molecule has 2 amide bonds. The number of carboxylic acids is 1. The fourth-order valence-corrected chi connectivity index (χ4v) is 3.59. The highest BCUT2D eigenvalue weighted by molar-refractivity contribution is 6.04. The van der Waals surface area contributed by atoms with Crippen LogP contribution in [0.3, 0.4) is 0 Å². The number of nitrogens with zero attached hydrogens (tertiary/aromatic N) is 1. The minimum Gasteiger partial charge on any atom is -0.497 e. The molecule has 0 fully saturated rings. The van der Waals surface area contributed by atoms with Crippen molar-refractivity contribution in [1.82, 2.24) is 15.7 Å². The first-order valence-electron chi connectivity index (χ1n) is 11.6. The molecule has 2 aromatic carbocycles. The molecule has 2 atom stereocenters. The van der Waals surface area contributed by atoms with Gasteiger partial charge in [0.1, 0.15) is 11.8 Å². The summed E-state index contributed by atoms with van der Waals surface area (Å²) in [5.74, 6) is -1.95. The lowest BCUT2D eigenvalue weighted by molar-refractivity contribution is -0.158. The third-order valence-corrected chi connectivity index (χ3v) is 5.33. The van der Waals surface area contributed by atoms with E-state index in [1.165, 1.54) is 7.11 Å². The molecule has 0 aliphatic heterocycles.